The Morgan fingerprint density at radius 3 is 2.30 bits per heavy atom. The minimum absolute atomic E-state index is 0.0739. The first-order valence-electron chi connectivity index (χ1n) is 8.51. The van der Waals surface area contributed by atoms with E-state index in [1.54, 1.807) is 24.3 Å². The number of Topliss-reactive ketones (excluding diaryl/α,β-unsaturated/α-hetero) is 1. The zero-order valence-corrected chi connectivity index (χ0v) is 16.3. The number of aryl methyl sites for hydroxylation is 1. The molecule has 2 aromatic carbocycles. The SMILES string of the molecule is Cc1ccc(C(=O)C(=O)Nc2ccc(Cl)c(S(=O)(=O)N3CCCC3)c2)cc1. The summed E-state index contributed by atoms with van der Waals surface area (Å²) in [6.45, 7) is 2.77. The Morgan fingerprint density at radius 2 is 1.67 bits per heavy atom. The van der Waals surface area contributed by atoms with Gasteiger partial charge < -0.3 is 5.32 Å². The van der Waals surface area contributed by atoms with Crippen molar-refractivity contribution in [2.75, 3.05) is 18.4 Å². The first kappa shape index (κ1) is 19.5. The van der Waals surface area contributed by atoms with Crippen molar-refractivity contribution < 1.29 is 18.0 Å². The van der Waals surface area contributed by atoms with Crippen LogP contribution in [0, 0.1) is 6.92 Å². The minimum atomic E-state index is -3.74. The van der Waals surface area contributed by atoms with Crippen LogP contribution in [-0.4, -0.2) is 37.5 Å². The molecular weight excluding hydrogens is 388 g/mol. The predicted molar refractivity (Wildman–Crippen MR) is 104 cm³/mol. The molecule has 1 fully saturated rings. The average Bonchev–Trinajstić information content (AvgIpc) is 3.19. The lowest BCUT2D eigenvalue weighted by Crippen LogP contribution is -2.28. The number of hydrogen-bond donors (Lipinski definition) is 1. The summed E-state index contributed by atoms with van der Waals surface area (Å²) in [6.07, 6.45) is 1.61. The molecule has 27 heavy (non-hydrogen) atoms. The first-order valence-corrected chi connectivity index (χ1v) is 10.3. The van der Waals surface area contributed by atoms with Crippen LogP contribution < -0.4 is 5.32 Å². The number of sulfonamides is 1. The van der Waals surface area contributed by atoms with Gasteiger partial charge in [0.1, 0.15) is 4.90 Å². The molecule has 0 aliphatic carbocycles. The maximum atomic E-state index is 12.7. The lowest BCUT2D eigenvalue weighted by molar-refractivity contribution is -0.112. The van der Waals surface area contributed by atoms with Crippen LogP contribution in [0.2, 0.25) is 5.02 Å². The van der Waals surface area contributed by atoms with Crippen LogP contribution in [0.25, 0.3) is 0 Å². The maximum Gasteiger partial charge on any atom is 0.296 e. The fourth-order valence-electron chi connectivity index (χ4n) is 2.87. The molecule has 1 heterocycles. The van der Waals surface area contributed by atoms with Gasteiger partial charge in [-0.25, -0.2) is 8.42 Å². The molecular formula is C19H19ClN2O4S. The highest BCUT2D eigenvalue weighted by atomic mass is 35.5. The van der Waals surface area contributed by atoms with Gasteiger partial charge >= 0.3 is 0 Å². The average molecular weight is 407 g/mol. The van der Waals surface area contributed by atoms with E-state index in [1.807, 2.05) is 6.92 Å². The molecule has 3 rings (SSSR count). The van der Waals surface area contributed by atoms with Crippen molar-refractivity contribution in [2.24, 2.45) is 0 Å². The van der Waals surface area contributed by atoms with Crippen LogP contribution in [0.5, 0.6) is 0 Å². The van der Waals surface area contributed by atoms with Gasteiger partial charge in [-0.1, -0.05) is 41.4 Å². The molecule has 0 radical (unpaired) electrons. The molecule has 0 unspecified atom stereocenters. The van der Waals surface area contributed by atoms with Gasteiger partial charge in [0.25, 0.3) is 11.7 Å². The van der Waals surface area contributed by atoms with Crippen molar-refractivity contribution >= 4 is 39.0 Å². The molecule has 8 heteroatoms. The maximum absolute atomic E-state index is 12.7. The van der Waals surface area contributed by atoms with E-state index in [9.17, 15) is 18.0 Å². The molecule has 0 bridgehead atoms. The molecule has 0 aromatic heterocycles. The smallest absolute Gasteiger partial charge is 0.296 e. The molecule has 6 nitrogen and oxygen atoms in total. The Kier molecular flexibility index (Phi) is 5.64. The number of carbonyl (C=O) groups excluding carboxylic acids is 2. The van der Waals surface area contributed by atoms with E-state index >= 15 is 0 Å². The van der Waals surface area contributed by atoms with Crippen molar-refractivity contribution in [3.63, 3.8) is 0 Å². The van der Waals surface area contributed by atoms with Crippen molar-refractivity contribution in [1.82, 2.24) is 4.31 Å². The summed E-state index contributed by atoms with van der Waals surface area (Å²) >= 11 is 6.08. The van der Waals surface area contributed by atoms with E-state index in [4.69, 9.17) is 11.6 Å². The van der Waals surface area contributed by atoms with Crippen molar-refractivity contribution in [1.29, 1.82) is 0 Å². The topological polar surface area (TPSA) is 83.5 Å². The predicted octanol–water partition coefficient (Wildman–Crippen LogP) is 3.25. The highest BCUT2D eigenvalue weighted by Crippen LogP contribution is 2.29. The van der Waals surface area contributed by atoms with Crippen LogP contribution in [0.4, 0.5) is 5.69 Å². The monoisotopic (exact) mass is 406 g/mol. The molecule has 1 aliphatic heterocycles. The highest BCUT2D eigenvalue weighted by Gasteiger charge is 2.29. The number of carbonyl (C=O) groups is 2. The summed E-state index contributed by atoms with van der Waals surface area (Å²) in [5, 5.41) is 2.53. The van der Waals surface area contributed by atoms with Gasteiger partial charge in [0.15, 0.2) is 0 Å². The Morgan fingerprint density at radius 1 is 1.04 bits per heavy atom. The van der Waals surface area contributed by atoms with Gasteiger partial charge in [-0.2, -0.15) is 4.31 Å². The summed E-state index contributed by atoms with van der Waals surface area (Å²) < 4.78 is 26.9. The summed E-state index contributed by atoms with van der Waals surface area (Å²) in [7, 11) is -3.74. The number of benzene rings is 2. The molecule has 1 saturated heterocycles. The zero-order valence-electron chi connectivity index (χ0n) is 14.7. The number of rotatable bonds is 5. The number of nitrogens with one attached hydrogen (secondary N) is 1. The molecule has 142 valence electrons. The van der Waals surface area contributed by atoms with Crippen LogP contribution in [0.1, 0.15) is 28.8 Å². The number of anilines is 1. The number of ketones is 1. The fraction of sp³-hybridized carbons (Fsp3) is 0.263. The van der Waals surface area contributed by atoms with Crippen LogP contribution in [-0.2, 0) is 14.8 Å². The Hall–Kier alpha value is -2.22. The van der Waals surface area contributed by atoms with Gasteiger partial charge in [0, 0.05) is 24.3 Å². The second kappa shape index (κ2) is 7.80. The standard InChI is InChI=1S/C19H19ClN2O4S/c1-13-4-6-14(7-5-13)18(23)19(24)21-15-8-9-16(20)17(12-15)27(25,26)22-10-2-3-11-22/h4-9,12H,2-3,10-11H2,1H3,(H,21,24). The van der Waals surface area contributed by atoms with E-state index in [0.29, 0.717) is 13.1 Å². The van der Waals surface area contributed by atoms with Crippen LogP contribution >= 0.6 is 11.6 Å². The van der Waals surface area contributed by atoms with Gasteiger partial charge in [0.05, 0.1) is 5.02 Å². The number of halogens is 1. The normalized spacial score (nSPS) is 14.9. The number of amides is 1. The molecule has 1 amide bonds. The zero-order chi connectivity index (χ0) is 19.6. The van der Waals surface area contributed by atoms with Gasteiger partial charge in [-0.15, -0.1) is 0 Å². The van der Waals surface area contributed by atoms with E-state index in [0.717, 1.165) is 18.4 Å². The molecule has 2 aromatic rings. The summed E-state index contributed by atoms with van der Waals surface area (Å²) in [5.41, 5.74) is 1.43. The number of hydrogen-bond acceptors (Lipinski definition) is 4. The third-order valence-corrected chi connectivity index (χ3v) is 6.77. The quantitative estimate of drug-likeness (QED) is 0.610. The van der Waals surface area contributed by atoms with Crippen LogP contribution in [0.3, 0.4) is 0 Å². The molecule has 1 aliphatic rings. The van der Waals surface area contributed by atoms with E-state index in [2.05, 4.69) is 5.32 Å². The highest BCUT2D eigenvalue weighted by molar-refractivity contribution is 7.89. The summed E-state index contributed by atoms with van der Waals surface area (Å²) in [6, 6.07) is 10.8. The Balaban J connectivity index is 1.82. The lowest BCUT2D eigenvalue weighted by atomic mass is 10.1. The fourth-order valence-corrected chi connectivity index (χ4v) is 4.89. The minimum Gasteiger partial charge on any atom is -0.319 e. The van der Waals surface area contributed by atoms with Crippen molar-refractivity contribution in [3.05, 3.63) is 58.6 Å². The van der Waals surface area contributed by atoms with E-state index in [1.165, 1.54) is 22.5 Å². The van der Waals surface area contributed by atoms with Gasteiger partial charge in [0.2, 0.25) is 10.0 Å². The second-order valence-corrected chi connectivity index (χ2v) is 8.72. The van der Waals surface area contributed by atoms with E-state index < -0.39 is 21.7 Å². The largest absolute Gasteiger partial charge is 0.319 e. The van der Waals surface area contributed by atoms with E-state index in [-0.39, 0.29) is 21.2 Å². The molecule has 1 N–H and O–H groups in total. The van der Waals surface area contributed by atoms with Crippen molar-refractivity contribution in [3.8, 4) is 0 Å². The van der Waals surface area contributed by atoms with Gasteiger partial charge in [-0.05, 0) is 38.0 Å². The summed E-state index contributed by atoms with van der Waals surface area (Å²) in [5.74, 6) is -1.54. The second-order valence-electron chi connectivity index (χ2n) is 6.41. The Labute approximate surface area is 163 Å². The first-order chi connectivity index (χ1) is 12.8. The molecule has 0 saturated carbocycles. The third kappa shape index (κ3) is 4.21. The van der Waals surface area contributed by atoms with Crippen molar-refractivity contribution in [2.45, 2.75) is 24.7 Å². The van der Waals surface area contributed by atoms with Crippen LogP contribution in [0.15, 0.2) is 47.4 Å². The molecule has 0 spiro atoms. The Bertz CT molecular complexity index is 981. The third-order valence-electron chi connectivity index (χ3n) is 4.39. The lowest BCUT2D eigenvalue weighted by Gasteiger charge is -2.17. The van der Waals surface area contributed by atoms with Gasteiger partial charge in [-0.3, -0.25) is 9.59 Å². The summed E-state index contributed by atoms with van der Waals surface area (Å²) in [4.78, 5) is 24.4. The molecule has 0 atom stereocenters. The number of nitrogens with zero attached hydrogens (tertiary/aromatic N) is 1.